The highest BCUT2D eigenvalue weighted by Crippen LogP contribution is 2.16. The van der Waals surface area contributed by atoms with Gasteiger partial charge in [0.25, 0.3) is 0 Å². The molecule has 1 nitrogen and oxygen atoms in total. The van der Waals surface area contributed by atoms with E-state index in [1.807, 2.05) is 11.3 Å². The summed E-state index contributed by atoms with van der Waals surface area (Å²) < 4.78 is 0. The van der Waals surface area contributed by atoms with E-state index in [4.69, 9.17) is 0 Å². The summed E-state index contributed by atoms with van der Waals surface area (Å²) >= 11 is 1.93. The van der Waals surface area contributed by atoms with Crippen LogP contribution in [0.4, 0.5) is 0 Å². The molecule has 0 atom stereocenters. The van der Waals surface area contributed by atoms with Crippen molar-refractivity contribution in [3.63, 3.8) is 0 Å². The number of aryl methyl sites for hydroxylation is 1. The minimum Gasteiger partial charge on any atom is -0.312 e. The number of hydrogen-bond donors (Lipinski definition) is 1. The van der Waals surface area contributed by atoms with E-state index < -0.39 is 0 Å². The van der Waals surface area contributed by atoms with Gasteiger partial charge < -0.3 is 5.32 Å². The van der Waals surface area contributed by atoms with Gasteiger partial charge in [-0.05, 0) is 43.9 Å². The average Bonchev–Trinajstić information content (AvgIpc) is 2.65. The van der Waals surface area contributed by atoms with Crippen LogP contribution in [0.1, 0.15) is 43.4 Å². The van der Waals surface area contributed by atoms with Crippen LogP contribution < -0.4 is 5.32 Å². The lowest BCUT2D eigenvalue weighted by Gasteiger charge is -2.05. The number of nitrogens with one attached hydrogen (secondary N) is 1. The maximum absolute atomic E-state index is 3.50. The van der Waals surface area contributed by atoms with Crippen LogP contribution in [0.2, 0.25) is 0 Å². The second-order valence-electron chi connectivity index (χ2n) is 4.43. The molecule has 0 aliphatic carbocycles. The van der Waals surface area contributed by atoms with Crippen molar-refractivity contribution in [1.82, 2.24) is 5.32 Å². The first-order valence-electron chi connectivity index (χ1n) is 6.00. The van der Waals surface area contributed by atoms with Gasteiger partial charge in [0.2, 0.25) is 0 Å². The number of rotatable bonds is 7. The van der Waals surface area contributed by atoms with E-state index in [9.17, 15) is 0 Å². The second kappa shape index (κ2) is 7.02. The monoisotopic (exact) mass is 225 g/mol. The van der Waals surface area contributed by atoms with Crippen molar-refractivity contribution in [3.8, 4) is 0 Å². The molecule has 1 rings (SSSR count). The van der Waals surface area contributed by atoms with E-state index in [1.165, 1.54) is 22.6 Å². The molecule has 0 aliphatic heterocycles. The minimum atomic E-state index is 0.834. The standard InChI is InChI=1S/C13H23NS/c1-4-12-7-8-13(15-12)10-14-9-5-6-11(2)3/h7-8,11,14H,4-6,9-10H2,1-3H3. The van der Waals surface area contributed by atoms with Gasteiger partial charge in [-0.2, -0.15) is 0 Å². The van der Waals surface area contributed by atoms with Gasteiger partial charge in [0.15, 0.2) is 0 Å². The van der Waals surface area contributed by atoms with Crippen molar-refractivity contribution in [2.24, 2.45) is 5.92 Å². The Labute approximate surface area is 97.9 Å². The topological polar surface area (TPSA) is 12.0 Å². The van der Waals surface area contributed by atoms with Crippen LogP contribution in [0, 0.1) is 5.92 Å². The first-order chi connectivity index (χ1) is 7.22. The Morgan fingerprint density at radius 1 is 1.27 bits per heavy atom. The Hall–Kier alpha value is -0.340. The smallest absolute Gasteiger partial charge is 0.0299 e. The van der Waals surface area contributed by atoms with Crippen molar-refractivity contribution in [2.75, 3.05) is 6.54 Å². The lowest BCUT2D eigenvalue weighted by atomic mass is 10.1. The van der Waals surface area contributed by atoms with Gasteiger partial charge in [-0.1, -0.05) is 20.8 Å². The zero-order chi connectivity index (χ0) is 11.1. The lowest BCUT2D eigenvalue weighted by Crippen LogP contribution is -2.14. The minimum absolute atomic E-state index is 0.834. The van der Waals surface area contributed by atoms with E-state index in [0.29, 0.717) is 0 Å². The van der Waals surface area contributed by atoms with Crippen LogP contribution >= 0.6 is 11.3 Å². The highest BCUT2D eigenvalue weighted by molar-refractivity contribution is 7.11. The van der Waals surface area contributed by atoms with Crippen molar-refractivity contribution in [1.29, 1.82) is 0 Å². The summed E-state index contributed by atoms with van der Waals surface area (Å²) in [6, 6.07) is 4.49. The van der Waals surface area contributed by atoms with Gasteiger partial charge in [0.05, 0.1) is 0 Å². The molecule has 0 saturated heterocycles. The number of thiophene rings is 1. The summed E-state index contributed by atoms with van der Waals surface area (Å²) in [5, 5.41) is 3.50. The molecule has 0 bridgehead atoms. The highest BCUT2D eigenvalue weighted by atomic mass is 32.1. The summed E-state index contributed by atoms with van der Waals surface area (Å²) in [5.74, 6) is 0.834. The summed E-state index contributed by atoms with van der Waals surface area (Å²) in [4.78, 5) is 2.96. The molecule has 1 aromatic rings. The van der Waals surface area contributed by atoms with E-state index in [-0.39, 0.29) is 0 Å². The molecule has 2 heteroatoms. The van der Waals surface area contributed by atoms with Crippen LogP contribution in [0.25, 0.3) is 0 Å². The largest absolute Gasteiger partial charge is 0.312 e. The molecule has 0 aromatic carbocycles. The van der Waals surface area contributed by atoms with Gasteiger partial charge in [0, 0.05) is 16.3 Å². The molecule has 1 aromatic heterocycles. The van der Waals surface area contributed by atoms with E-state index in [1.54, 1.807) is 0 Å². The predicted octanol–water partition coefficient (Wildman–Crippen LogP) is 3.84. The van der Waals surface area contributed by atoms with Crippen LogP contribution in [0.15, 0.2) is 12.1 Å². The fraction of sp³-hybridized carbons (Fsp3) is 0.692. The zero-order valence-electron chi connectivity index (χ0n) is 10.2. The summed E-state index contributed by atoms with van der Waals surface area (Å²) in [6.45, 7) is 8.98. The second-order valence-corrected chi connectivity index (χ2v) is 5.69. The molecule has 0 saturated carbocycles. The van der Waals surface area contributed by atoms with Gasteiger partial charge in [-0.15, -0.1) is 11.3 Å². The third-order valence-electron chi connectivity index (χ3n) is 2.50. The van der Waals surface area contributed by atoms with Gasteiger partial charge in [-0.3, -0.25) is 0 Å². The Morgan fingerprint density at radius 3 is 2.60 bits per heavy atom. The van der Waals surface area contributed by atoms with E-state index >= 15 is 0 Å². The molecule has 0 spiro atoms. The predicted molar refractivity (Wildman–Crippen MR) is 69.5 cm³/mol. The Morgan fingerprint density at radius 2 is 2.00 bits per heavy atom. The molecule has 0 unspecified atom stereocenters. The lowest BCUT2D eigenvalue weighted by molar-refractivity contribution is 0.528. The maximum atomic E-state index is 3.50. The molecular formula is C13H23NS. The third kappa shape index (κ3) is 5.33. The third-order valence-corrected chi connectivity index (χ3v) is 3.73. The van der Waals surface area contributed by atoms with Gasteiger partial charge >= 0.3 is 0 Å². The van der Waals surface area contributed by atoms with Crippen LogP contribution in [-0.2, 0) is 13.0 Å². The Balaban J connectivity index is 2.09. The molecule has 15 heavy (non-hydrogen) atoms. The Bertz CT molecular complexity index is 265. The molecule has 1 heterocycles. The first kappa shape index (κ1) is 12.7. The van der Waals surface area contributed by atoms with Crippen molar-refractivity contribution in [2.45, 2.75) is 46.6 Å². The van der Waals surface area contributed by atoms with Crippen LogP contribution in [-0.4, -0.2) is 6.54 Å². The fourth-order valence-corrected chi connectivity index (χ4v) is 2.48. The molecule has 0 radical (unpaired) electrons. The van der Waals surface area contributed by atoms with Gasteiger partial charge in [-0.25, -0.2) is 0 Å². The van der Waals surface area contributed by atoms with Crippen molar-refractivity contribution >= 4 is 11.3 Å². The SMILES string of the molecule is CCc1ccc(CNCCCC(C)C)s1. The quantitative estimate of drug-likeness (QED) is 0.695. The zero-order valence-corrected chi connectivity index (χ0v) is 11.0. The average molecular weight is 225 g/mol. The van der Waals surface area contributed by atoms with Crippen molar-refractivity contribution < 1.29 is 0 Å². The first-order valence-corrected chi connectivity index (χ1v) is 6.82. The fourth-order valence-electron chi connectivity index (χ4n) is 1.55. The molecule has 1 N–H and O–H groups in total. The molecule has 0 fully saturated rings. The summed E-state index contributed by atoms with van der Waals surface area (Å²) in [7, 11) is 0. The summed E-state index contributed by atoms with van der Waals surface area (Å²) in [5.41, 5.74) is 0. The molecule has 0 amide bonds. The van der Waals surface area contributed by atoms with E-state index in [2.05, 4.69) is 38.2 Å². The maximum Gasteiger partial charge on any atom is 0.0299 e. The molecule has 0 aliphatic rings. The van der Waals surface area contributed by atoms with Crippen molar-refractivity contribution in [3.05, 3.63) is 21.9 Å². The summed E-state index contributed by atoms with van der Waals surface area (Å²) in [6.07, 6.45) is 3.79. The normalized spacial score (nSPS) is 11.2. The highest BCUT2D eigenvalue weighted by Gasteiger charge is 1.98. The van der Waals surface area contributed by atoms with E-state index in [0.717, 1.165) is 25.4 Å². The number of hydrogen-bond acceptors (Lipinski definition) is 2. The van der Waals surface area contributed by atoms with Crippen LogP contribution in [0.5, 0.6) is 0 Å². The molecule has 86 valence electrons. The molecular weight excluding hydrogens is 202 g/mol. The van der Waals surface area contributed by atoms with Crippen LogP contribution in [0.3, 0.4) is 0 Å². The Kier molecular flexibility index (Phi) is 5.96. The van der Waals surface area contributed by atoms with Gasteiger partial charge in [0.1, 0.15) is 0 Å².